The third-order valence-corrected chi connectivity index (χ3v) is 4.01. The van der Waals surface area contributed by atoms with Crippen LogP contribution in [0.1, 0.15) is 32.3 Å². The van der Waals surface area contributed by atoms with Crippen LogP contribution < -0.4 is 4.90 Å². The van der Waals surface area contributed by atoms with Crippen LogP contribution in [0, 0.1) is 0 Å². The number of hydrogen-bond acceptors (Lipinski definition) is 4. The smallest absolute Gasteiger partial charge is 0.242 e. The van der Waals surface area contributed by atoms with Gasteiger partial charge in [0, 0.05) is 30.9 Å². The van der Waals surface area contributed by atoms with E-state index in [0.717, 1.165) is 30.6 Å². The molecule has 1 amide bonds. The lowest BCUT2D eigenvalue weighted by Gasteiger charge is -2.28. The zero-order valence-electron chi connectivity index (χ0n) is 12.9. The van der Waals surface area contributed by atoms with Gasteiger partial charge in [-0.15, -0.1) is 0 Å². The van der Waals surface area contributed by atoms with Gasteiger partial charge in [0.15, 0.2) is 0 Å². The van der Waals surface area contributed by atoms with Crippen LogP contribution in [0.25, 0.3) is 0 Å². The van der Waals surface area contributed by atoms with E-state index in [1.165, 1.54) is 0 Å². The van der Waals surface area contributed by atoms with Gasteiger partial charge >= 0.3 is 0 Å². The second-order valence-corrected chi connectivity index (χ2v) is 5.69. The fraction of sp³-hybridized carbons (Fsp3) is 0.500. The minimum absolute atomic E-state index is 0.101. The maximum absolute atomic E-state index is 12.3. The van der Waals surface area contributed by atoms with Crippen LogP contribution in [0.5, 0.6) is 0 Å². The molecule has 0 unspecified atom stereocenters. The Labute approximate surface area is 125 Å². The summed E-state index contributed by atoms with van der Waals surface area (Å²) in [5.74, 6) is 0.101. The van der Waals surface area contributed by atoms with Gasteiger partial charge in [0.1, 0.15) is 0 Å². The number of nitrogens with zero attached hydrogens (tertiary/aromatic N) is 3. The summed E-state index contributed by atoms with van der Waals surface area (Å²) in [6, 6.07) is 7.99. The average Bonchev–Trinajstić information content (AvgIpc) is 2.66. The van der Waals surface area contributed by atoms with Gasteiger partial charge in [0.25, 0.3) is 0 Å². The molecule has 21 heavy (non-hydrogen) atoms. The van der Waals surface area contributed by atoms with Crippen molar-refractivity contribution in [2.75, 3.05) is 25.0 Å². The maximum Gasteiger partial charge on any atom is 0.242 e. The van der Waals surface area contributed by atoms with Gasteiger partial charge in [-0.3, -0.25) is 4.79 Å². The van der Waals surface area contributed by atoms with Gasteiger partial charge in [-0.1, -0.05) is 23.4 Å². The first kappa shape index (κ1) is 15.4. The number of para-hydroxylation sites is 1. The van der Waals surface area contributed by atoms with Crippen molar-refractivity contribution in [3.05, 3.63) is 29.8 Å². The molecule has 1 aromatic carbocycles. The van der Waals surface area contributed by atoms with Crippen molar-refractivity contribution in [1.82, 2.24) is 4.90 Å². The van der Waals surface area contributed by atoms with E-state index in [2.05, 4.69) is 10.1 Å². The number of amides is 1. The Bertz CT molecular complexity index is 540. The minimum atomic E-state index is 0.101. The molecule has 0 fully saturated rings. The Hall–Kier alpha value is -2.04. The molecule has 0 atom stereocenters. The molecule has 1 heterocycles. The lowest BCUT2D eigenvalue weighted by Crippen LogP contribution is -2.41. The zero-order chi connectivity index (χ0) is 15.4. The van der Waals surface area contributed by atoms with Crippen LogP contribution in [0.3, 0.4) is 0 Å². The fourth-order valence-corrected chi connectivity index (χ4v) is 2.52. The molecule has 1 aliphatic rings. The van der Waals surface area contributed by atoms with Crippen molar-refractivity contribution in [2.24, 2.45) is 5.16 Å². The largest absolute Gasteiger partial charge is 0.411 e. The topological polar surface area (TPSA) is 56.1 Å². The molecule has 0 radical (unpaired) electrons. The average molecular weight is 289 g/mol. The zero-order valence-corrected chi connectivity index (χ0v) is 12.9. The number of rotatable bonds is 3. The Morgan fingerprint density at radius 2 is 2.14 bits per heavy atom. The summed E-state index contributed by atoms with van der Waals surface area (Å²) in [5.41, 5.74) is 2.57. The third kappa shape index (κ3) is 3.35. The number of likely N-dealkylation sites (N-methyl/N-ethyl adjacent to an activating group) is 1. The lowest BCUT2D eigenvalue weighted by atomic mass is 10.1. The number of oxime groups is 1. The van der Waals surface area contributed by atoms with Crippen molar-refractivity contribution >= 4 is 17.3 Å². The normalized spacial score (nSPS) is 16.8. The number of benzene rings is 1. The second-order valence-electron chi connectivity index (χ2n) is 5.69. The summed E-state index contributed by atoms with van der Waals surface area (Å²) in [7, 11) is 1.83. The Balaban J connectivity index is 2.26. The van der Waals surface area contributed by atoms with Crippen molar-refractivity contribution in [3.63, 3.8) is 0 Å². The molecule has 0 saturated carbocycles. The van der Waals surface area contributed by atoms with E-state index in [-0.39, 0.29) is 11.9 Å². The molecule has 0 bridgehead atoms. The van der Waals surface area contributed by atoms with E-state index >= 15 is 0 Å². The highest BCUT2D eigenvalue weighted by Crippen LogP contribution is 2.26. The lowest BCUT2D eigenvalue weighted by molar-refractivity contribution is -0.129. The van der Waals surface area contributed by atoms with E-state index in [9.17, 15) is 10.0 Å². The molecule has 0 saturated heterocycles. The standard InChI is InChI=1S/C16H23N3O2/c1-12(2)18(3)16(20)11-19-10-6-8-14(17-21)13-7-4-5-9-15(13)19/h4-5,7,9,12,21H,6,8,10-11H2,1-3H3/b17-14-. The first-order valence-corrected chi connectivity index (χ1v) is 7.35. The first-order chi connectivity index (χ1) is 10.0. The first-order valence-electron chi connectivity index (χ1n) is 7.35. The van der Waals surface area contributed by atoms with Crippen LogP contribution in [-0.4, -0.2) is 47.9 Å². The summed E-state index contributed by atoms with van der Waals surface area (Å²) in [6.45, 7) is 5.15. The van der Waals surface area contributed by atoms with Crippen molar-refractivity contribution in [2.45, 2.75) is 32.7 Å². The summed E-state index contributed by atoms with van der Waals surface area (Å²) >= 11 is 0. The van der Waals surface area contributed by atoms with Gasteiger partial charge < -0.3 is 15.0 Å². The second kappa shape index (κ2) is 6.61. The highest BCUT2D eigenvalue weighted by atomic mass is 16.4. The van der Waals surface area contributed by atoms with E-state index < -0.39 is 0 Å². The summed E-state index contributed by atoms with van der Waals surface area (Å²) < 4.78 is 0. The predicted molar refractivity (Wildman–Crippen MR) is 84.1 cm³/mol. The molecule has 0 spiro atoms. The molecule has 0 aliphatic carbocycles. The molecule has 5 heteroatoms. The number of hydrogen-bond donors (Lipinski definition) is 1. The minimum Gasteiger partial charge on any atom is -0.411 e. The molecule has 1 N–H and O–H groups in total. The van der Waals surface area contributed by atoms with Crippen molar-refractivity contribution in [3.8, 4) is 0 Å². The number of carbonyl (C=O) groups is 1. The summed E-state index contributed by atoms with van der Waals surface area (Å²) in [4.78, 5) is 16.2. The molecular formula is C16H23N3O2. The Morgan fingerprint density at radius 3 is 2.81 bits per heavy atom. The molecule has 1 aromatic rings. The van der Waals surface area contributed by atoms with Crippen LogP contribution in [0.15, 0.2) is 29.4 Å². The molecule has 5 nitrogen and oxygen atoms in total. The quantitative estimate of drug-likeness (QED) is 0.686. The maximum atomic E-state index is 12.3. The Kier molecular flexibility index (Phi) is 4.83. The molecule has 1 aliphatic heterocycles. The monoisotopic (exact) mass is 289 g/mol. The highest BCUT2D eigenvalue weighted by molar-refractivity contribution is 6.05. The van der Waals surface area contributed by atoms with Crippen LogP contribution >= 0.6 is 0 Å². The van der Waals surface area contributed by atoms with Gasteiger partial charge in [0.05, 0.1) is 12.3 Å². The van der Waals surface area contributed by atoms with Crippen LogP contribution in [-0.2, 0) is 4.79 Å². The van der Waals surface area contributed by atoms with E-state index in [1.807, 2.05) is 45.2 Å². The molecular weight excluding hydrogens is 266 g/mol. The molecule has 0 aromatic heterocycles. The Morgan fingerprint density at radius 1 is 1.43 bits per heavy atom. The number of fused-ring (bicyclic) bond motifs is 1. The van der Waals surface area contributed by atoms with Crippen LogP contribution in [0.4, 0.5) is 5.69 Å². The van der Waals surface area contributed by atoms with Gasteiger partial charge in [-0.2, -0.15) is 0 Å². The molecule has 114 valence electrons. The number of carbonyl (C=O) groups excluding carboxylic acids is 1. The van der Waals surface area contributed by atoms with Crippen LogP contribution in [0.2, 0.25) is 0 Å². The highest BCUT2D eigenvalue weighted by Gasteiger charge is 2.23. The van der Waals surface area contributed by atoms with E-state index in [0.29, 0.717) is 12.3 Å². The summed E-state index contributed by atoms with van der Waals surface area (Å²) in [6.07, 6.45) is 1.59. The SMILES string of the molecule is CC(C)N(C)C(=O)CN1CCC/C(=N/O)c2ccccc21. The van der Waals surface area contributed by atoms with Crippen molar-refractivity contribution < 1.29 is 10.0 Å². The van der Waals surface area contributed by atoms with Gasteiger partial charge in [-0.05, 0) is 32.8 Å². The van der Waals surface area contributed by atoms with Gasteiger partial charge in [-0.25, -0.2) is 0 Å². The molecule has 2 rings (SSSR count). The summed E-state index contributed by atoms with van der Waals surface area (Å²) in [5, 5.41) is 12.6. The van der Waals surface area contributed by atoms with E-state index in [1.54, 1.807) is 4.90 Å². The number of anilines is 1. The fourth-order valence-electron chi connectivity index (χ4n) is 2.52. The van der Waals surface area contributed by atoms with Crippen molar-refractivity contribution in [1.29, 1.82) is 0 Å². The predicted octanol–water partition coefficient (Wildman–Crippen LogP) is 2.33. The van der Waals surface area contributed by atoms with E-state index in [4.69, 9.17) is 0 Å². The van der Waals surface area contributed by atoms with Gasteiger partial charge in [0.2, 0.25) is 5.91 Å². The third-order valence-electron chi connectivity index (χ3n) is 4.01.